The van der Waals surface area contributed by atoms with Crippen molar-refractivity contribution in [3.63, 3.8) is 0 Å². The van der Waals surface area contributed by atoms with Crippen LogP contribution < -0.4 is 0 Å². The molecule has 1 N–H and O–H groups in total. The van der Waals surface area contributed by atoms with E-state index in [9.17, 15) is 9.59 Å². The third kappa shape index (κ3) is 4.44. The van der Waals surface area contributed by atoms with Crippen LogP contribution in [0.4, 0.5) is 0 Å². The fourth-order valence-electron chi connectivity index (χ4n) is 2.10. The predicted molar refractivity (Wildman–Crippen MR) is 72.3 cm³/mol. The van der Waals surface area contributed by atoms with Gasteiger partial charge in [-0.1, -0.05) is 29.0 Å². The van der Waals surface area contributed by atoms with Crippen molar-refractivity contribution in [2.75, 3.05) is 0 Å². The summed E-state index contributed by atoms with van der Waals surface area (Å²) in [6, 6.07) is 0. The van der Waals surface area contributed by atoms with Crippen LogP contribution in [0.3, 0.4) is 0 Å². The van der Waals surface area contributed by atoms with E-state index in [1.807, 2.05) is 22.6 Å². The number of alkyl halides is 1. The molecule has 0 aliphatic heterocycles. The number of hydrogen-bond donors (Lipinski definition) is 1. The summed E-state index contributed by atoms with van der Waals surface area (Å²) in [6.45, 7) is 3.54. The van der Waals surface area contributed by atoms with E-state index < -0.39 is 15.0 Å². The van der Waals surface area contributed by atoms with Crippen molar-refractivity contribution in [2.24, 2.45) is 0 Å². The molecule has 1 aliphatic carbocycles. The summed E-state index contributed by atoms with van der Waals surface area (Å²) in [7, 11) is 0. The molecule has 0 radical (unpaired) electrons. The number of hydrogen-bond acceptors (Lipinski definition) is 3. The molecule has 0 amide bonds. The van der Waals surface area contributed by atoms with Gasteiger partial charge < -0.3 is 9.84 Å². The second-order valence-electron chi connectivity index (χ2n) is 5.18. The smallest absolute Gasteiger partial charge is 0.322 e. The van der Waals surface area contributed by atoms with E-state index in [0.717, 1.165) is 19.3 Å². The van der Waals surface area contributed by atoms with Gasteiger partial charge in [0, 0.05) is 0 Å². The van der Waals surface area contributed by atoms with Gasteiger partial charge in [-0.05, 0) is 39.5 Å². The monoisotopic (exact) mass is 354 g/mol. The summed E-state index contributed by atoms with van der Waals surface area (Å²) < 4.78 is 4.92. The fourth-order valence-corrected chi connectivity index (χ4v) is 2.21. The largest absolute Gasteiger partial charge is 0.481 e. The molecule has 0 saturated heterocycles. The zero-order valence-corrected chi connectivity index (χ0v) is 12.5. The highest BCUT2D eigenvalue weighted by Gasteiger charge is 2.41. The van der Waals surface area contributed by atoms with Crippen LogP contribution in [0, 0.1) is 0 Å². The van der Waals surface area contributed by atoms with Crippen molar-refractivity contribution in [2.45, 2.75) is 61.4 Å². The molecule has 0 aromatic rings. The second kappa shape index (κ2) is 5.54. The molecule has 1 rings (SSSR count). The van der Waals surface area contributed by atoms with Crippen LogP contribution in [0.15, 0.2) is 0 Å². The Morgan fingerprint density at radius 1 is 1.29 bits per heavy atom. The number of carboxylic acid groups (broad SMARTS) is 1. The summed E-state index contributed by atoms with van der Waals surface area (Å²) >= 11 is 2.02. The van der Waals surface area contributed by atoms with E-state index in [1.54, 1.807) is 13.8 Å². The highest BCUT2D eigenvalue weighted by atomic mass is 127. The maximum atomic E-state index is 11.9. The van der Waals surface area contributed by atoms with Gasteiger partial charge in [-0.3, -0.25) is 9.59 Å². The lowest BCUT2D eigenvalue weighted by molar-refractivity contribution is -0.170. The first-order valence-electron chi connectivity index (χ1n) is 5.89. The van der Waals surface area contributed by atoms with Crippen LogP contribution in [0.5, 0.6) is 0 Å². The number of esters is 1. The first-order chi connectivity index (χ1) is 7.75. The quantitative estimate of drug-likeness (QED) is 0.479. The standard InChI is InChI=1S/C12H19IO4/c1-11(2,13)10(16)17-12(8-9(14)15)6-4-3-5-7-12/h3-8H2,1-2H3,(H,14,15). The minimum Gasteiger partial charge on any atom is -0.481 e. The molecular weight excluding hydrogens is 335 g/mol. The van der Waals surface area contributed by atoms with Crippen LogP contribution in [0.2, 0.25) is 0 Å². The van der Waals surface area contributed by atoms with Gasteiger partial charge in [0.05, 0.1) is 6.42 Å². The van der Waals surface area contributed by atoms with E-state index in [2.05, 4.69) is 0 Å². The Morgan fingerprint density at radius 3 is 2.24 bits per heavy atom. The molecule has 0 heterocycles. The maximum Gasteiger partial charge on any atom is 0.322 e. The highest BCUT2D eigenvalue weighted by Crippen LogP contribution is 2.36. The molecule has 98 valence electrons. The van der Waals surface area contributed by atoms with Crippen molar-refractivity contribution in [3.8, 4) is 0 Å². The van der Waals surface area contributed by atoms with E-state index in [-0.39, 0.29) is 12.4 Å². The third-order valence-electron chi connectivity index (χ3n) is 3.03. The van der Waals surface area contributed by atoms with E-state index in [4.69, 9.17) is 9.84 Å². The van der Waals surface area contributed by atoms with Crippen LogP contribution in [-0.2, 0) is 14.3 Å². The minimum atomic E-state index is -0.897. The van der Waals surface area contributed by atoms with Crippen LogP contribution >= 0.6 is 22.6 Å². The Kier molecular flexibility index (Phi) is 4.80. The van der Waals surface area contributed by atoms with Crippen molar-refractivity contribution in [1.29, 1.82) is 0 Å². The average Bonchev–Trinajstić information content (AvgIpc) is 2.15. The van der Waals surface area contributed by atoms with Gasteiger partial charge in [0.2, 0.25) is 0 Å². The molecule has 5 heteroatoms. The number of ether oxygens (including phenoxy) is 1. The van der Waals surface area contributed by atoms with Gasteiger partial charge in [0.1, 0.15) is 9.02 Å². The Labute approximate surface area is 115 Å². The SMILES string of the molecule is CC(C)(I)C(=O)OC1(CC(=O)O)CCCCC1. The first-order valence-corrected chi connectivity index (χ1v) is 6.97. The molecule has 0 atom stereocenters. The number of carbonyl (C=O) groups excluding carboxylic acids is 1. The van der Waals surface area contributed by atoms with Crippen LogP contribution in [0.25, 0.3) is 0 Å². The van der Waals surface area contributed by atoms with Crippen LogP contribution in [0.1, 0.15) is 52.4 Å². The molecule has 0 spiro atoms. The molecule has 1 aliphatic rings. The number of aliphatic carboxylic acids is 1. The van der Waals surface area contributed by atoms with Gasteiger partial charge in [-0.2, -0.15) is 0 Å². The lowest BCUT2D eigenvalue weighted by Gasteiger charge is -2.37. The third-order valence-corrected chi connectivity index (χ3v) is 3.47. The van der Waals surface area contributed by atoms with Crippen molar-refractivity contribution >= 4 is 34.5 Å². The topological polar surface area (TPSA) is 63.6 Å². The molecule has 0 aromatic heterocycles. The van der Waals surface area contributed by atoms with Crippen LogP contribution in [-0.4, -0.2) is 26.1 Å². The minimum absolute atomic E-state index is 0.0779. The Balaban J connectivity index is 2.76. The molecule has 1 fully saturated rings. The Bertz CT molecular complexity index is 300. The van der Waals surface area contributed by atoms with Gasteiger partial charge in [-0.15, -0.1) is 0 Å². The normalized spacial score (nSPS) is 19.7. The van der Waals surface area contributed by atoms with Crippen molar-refractivity contribution in [1.82, 2.24) is 0 Å². The average molecular weight is 354 g/mol. The predicted octanol–water partition coefficient (Wildman–Crippen LogP) is 2.92. The number of carboxylic acids is 1. The molecule has 0 aromatic carbocycles. The number of halogens is 1. The van der Waals surface area contributed by atoms with Gasteiger partial charge >= 0.3 is 11.9 Å². The lowest BCUT2D eigenvalue weighted by Crippen LogP contribution is -2.43. The van der Waals surface area contributed by atoms with E-state index >= 15 is 0 Å². The summed E-state index contributed by atoms with van der Waals surface area (Å²) in [5.41, 5.74) is -0.774. The highest BCUT2D eigenvalue weighted by molar-refractivity contribution is 14.1. The molecular formula is C12H19IO4. The molecule has 0 unspecified atom stereocenters. The lowest BCUT2D eigenvalue weighted by atomic mass is 9.82. The van der Waals surface area contributed by atoms with Gasteiger partial charge in [0.15, 0.2) is 0 Å². The summed E-state index contributed by atoms with van der Waals surface area (Å²) in [5.74, 6) is -1.22. The Hall–Kier alpha value is -0.330. The summed E-state index contributed by atoms with van der Waals surface area (Å²) in [5, 5.41) is 8.95. The number of rotatable bonds is 4. The maximum absolute atomic E-state index is 11.9. The van der Waals surface area contributed by atoms with E-state index in [0.29, 0.717) is 12.8 Å². The zero-order chi connectivity index (χ0) is 13.1. The molecule has 1 saturated carbocycles. The van der Waals surface area contributed by atoms with E-state index in [1.165, 1.54) is 0 Å². The fraction of sp³-hybridized carbons (Fsp3) is 0.833. The zero-order valence-electron chi connectivity index (χ0n) is 10.3. The second-order valence-corrected chi connectivity index (χ2v) is 7.87. The van der Waals surface area contributed by atoms with Gasteiger partial charge in [-0.25, -0.2) is 0 Å². The summed E-state index contributed by atoms with van der Waals surface area (Å²) in [4.78, 5) is 22.8. The molecule has 17 heavy (non-hydrogen) atoms. The number of carbonyl (C=O) groups is 2. The Morgan fingerprint density at radius 2 is 1.82 bits per heavy atom. The van der Waals surface area contributed by atoms with Gasteiger partial charge in [0.25, 0.3) is 0 Å². The summed E-state index contributed by atoms with van der Waals surface area (Å²) in [6.07, 6.45) is 4.21. The van der Waals surface area contributed by atoms with Crippen molar-refractivity contribution < 1.29 is 19.4 Å². The van der Waals surface area contributed by atoms with Crippen molar-refractivity contribution in [3.05, 3.63) is 0 Å². The molecule has 4 nitrogen and oxygen atoms in total. The first kappa shape index (κ1) is 14.7. The molecule has 0 bridgehead atoms.